The van der Waals surface area contributed by atoms with E-state index in [0.29, 0.717) is 5.75 Å². The summed E-state index contributed by atoms with van der Waals surface area (Å²) in [6.45, 7) is 4.55. The van der Waals surface area contributed by atoms with Crippen LogP contribution in [0.4, 0.5) is 4.79 Å². The van der Waals surface area contributed by atoms with Crippen LogP contribution in [-0.4, -0.2) is 6.09 Å². The highest BCUT2D eigenvalue weighted by atomic mass is 16.5. The molecule has 3 nitrogen and oxygen atoms in total. The Bertz CT molecular complexity index is 613. The van der Waals surface area contributed by atoms with Gasteiger partial charge in [-0.3, -0.25) is 0 Å². The van der Waals surface area contributed by atoms with Crippen molar-refractivity contribution in [3.63, 3.8) is 0 Å². The quantitative estimate of drug-likeness (QED) is 0.161. The number of nitrogens with two attached hydrogens (primary N) is 1. The second kappa shape index (κ2) is 22.0. The molecule has 0 saturated heterocycles. The van der Waals surface area contributed by atoms with Crippen molar-refractivity contribution in [2.45, 2.75) is 155 Å². The molecule has 0 saturated carbocycles. The third-order valence-corrected chi connectivity index (χ3v) is 7.02. The lowest BCUT2D eigenvalue weighted by molar-refractivity contribution is 0.210. The van der Waals surface area contributed by atoms with Gasteiger partial charge in [0, 0.05) is 0 Å². The van der Waals surface area contributed by atoms with Gasteiger partial charge < -0.3 is 10.5 Å². The maximum absolute atomic E-state index is 11.4. The van der Waals surface area contributed by atoms with E-state index in [4.69, 9.17) is 10.5 Å². The second-order valence-corrected chi connectivity index (χ2v) is 10.2. The minimum absolute atomic E-state index is 0.674. The smallest absolute Gasteiger partial charge is 0.409 e. The Hall–Kier alpha value is -1.51. The molecule has 0 unspecified atom stereocenters. The molecule has 0 heterocycles. The maximum atomic E-state index is 11.4. The first-order chi connectivity index (χ1) is 16.7. The number of rotatable bonds is 23. The molecule has 1 aromatic rings. The van der Waals surface area contributed by atoms with E-state index in [0.717, 1.165) is 19.3 Å². The average Bonchev–Trinajstić information content (AvgIpc) is 2.82. The summed E-state index contributed by atoms with van der Waals surface area (Å²) in [7, 11) is 0. The lowest BCUT2D eigenvalue weighted by atomic mass is 9.95. The number of unbranched alkanes of at least 4 members (excludes halogenated alkanes) is 18. The summed E-state index contributed by atoms with van der Waals surface area (Å²) in [5.74, 6) is 0.674. The number of ether oxygens (including phenoxy) is 1. The van der Waals surface area contributed by atoms with E-state index < -0.39 is 6.09 Å². The van der Waals surface area contributed by atoms with Crippen LogP contribution in [0.1, 0.15) is 153 Å². The molecule has 0 aliphatic heterocycles. The highest BCUT2D eigenvalue weighted by Crippen LogP contribution is 2.27. The minimum Gasteiger partial charge on any atom is -0.410 e. The summed E-state index contributed by atoms with van der Waals surface area (Å²) >= 11 is 0. The van der Waals surface area contributed by atoms with Crippen molar-refractivity contribution in [2.24, 2.45) is 5.73 Å². The third-order valence-electron chi connectivity index (χ3n) is 7.02. The Labute approximate surface area is 211 Å². The fourth-order valence-electron chi connectivity index (χ4n) is 4.93. The van der Waals surface area contributed by atoms with Crippen LogP contribution in [0.15, 0.2) is 18.2 Å². The Morgan fingerprint density at radius 2 is 1.03 bits per heavy atom. The van der Waals surface area contributed by atoms with Crippen molar-refractivity contribution in [3.05, 3.63) is 29.3 Å². The van der Waals surface area contributed by atoms with E-state index in [1.165, 1.54) is 133 Å². The molecular formula is C31H55NO2. The van der Waals surface area contributed by atoms with Crippen LogP contribution in [0.2, 0.25) is 0 Å². The van der Waals surface area contributed by atoms with Crippen LogP contribution in [0.25, 0.3) is 0 Å². The molecule has 0 aromatic heterocycles. The summed E-state index contributed by atoms with van der Waals surface area (Å²) in [6, 6.07) is 6.12. The Balaban J connectivity index is 2.33. The predicted octanol–water partition coefficient (Wildman–Crippen LogP) is 10.1. The number of carbonyl (C=O) groups excluding carboxylic acids is 1. The van der Waals surface area contributed by atoms with Crippen molar-refractivity contribution < 1.29 is 9.53 Å². The molecule has 1 aromatic carbocycles. The van der Waals surface area contributed by atoms with Crippen molar-refractivity contribution >= 4 is 6.09 Å². The molecule has 0 spiro atoms. The highest BCUT2D eigenvalue weighted by molar-refractivity contribution is 5.68. The Morgan fingerprint density at radius 1 is 0.618 bits per heavy atom. The number of aryl methyl sites for hydroxylation is 1. The van der Waals surface area contributed by atoms with E-state index in [-0.39, 0.29) is 0 Å². The van der Waals surface area contributed by atoms with Crippen LogP contribution in [0.3, 0.4) is 0 Å². The van der Waals surface area contributed by atoms with E-state index in [9.17, 15) is 4.79 Å². The fourth-order valence-corrected chi connectivity index (χ4v) is 4.93. The summed E-state index contributed by atoms with van der Waals surface area (Å²) in [6.07, 6.45) is 28.1. The molecule has 0 aliphatic rings. The minimum atomic E-state index is -0.708. The second-order valence-electron chi connectivity index (χ2n) is 10.2. The van der Waals surface area contributed by atoms with Gasteiger partial charge in [0.1, 0.15) is 5.75 Å². The van der Waals surface area contributed by atoms with Gasteiger partial charge in [-0.15, -0.1) is 0 Å². The van der Waals surface area contributed by atoms with Crippen LogP contribution < -0.4 is 10.5 Å². The number of carbonyl (C=O) groups is 1. The zero-order valence-corrected chi connectivity index (χ0v) is 22.7. The van der Waals surface area contributed by atoms with Crippen molar-refractivity contribution in [1.29, 1.82) is 0 Å². The molecule has 0 fully saturated rings. The molecule has 0 radical (unpaired) electrons. The number of primary amides is 1. The van der Waals surface area contributed by atoms with Gasteiger partial charge in [0.2, 0.25) is 0 Å². The lowest BCUT2D eigenvalue weighted by Crippen LogP contribution is -2.17. The lowest BCUT2D eigenvalue weighted by Gasteiger charge is -2.14. The molecule has 2 N–H and O–H groups in total. The normalized spacial score (nSPS) is 11.1. The number of benzene rings is 1. The predicted molar refractivity (Wildman–Crippen MR) is 148 cm³/mol. The molecule has 0 aliphatic carbocycles. The molecule has 0 atom stereocenters. The first kappa shape index (κ1) is 30.5. The fraction of sp³-hybridized carbons (Fsp3) is 0.774. The molecule has 3 heteroatoms. The number of hydrogen-bond donors (Lipinski definition) is 1. The van der Waals surface area contributed by atoms with Crippen LogP contribution in [-0.2, 0) is 12.8 Å². The van der Waals surface area contributed by atoms with E-state index in [2.05, 4.69) is 19.9 Å². The standard InChI is InChI=1S/C31H55NO2/c1-3-5-7-9-11-13-15-17-19-21-24-28-25-23-27-30(34-31(32)33)29(28)26-22-20-18-16-14-12-10-8-6-4-2/h23,25,27H,3-22,24,26H2,1-2H3,(H2,32,33). The van der Waals surface area contributed by atoms with Gasteiger partial charge in [-0.25, -0.2) is 4.79 Å². The summed E-state index contributed by atoms with van der Waals surface area (Å²) < 4.78 is 5.37. The molecule has 196 valence electrons. The van der Waals surface area contributed by atoms with Gasteiger partial charge >= 0.3 is 6.09 Å². The first-order valence-electron chi connectivity index (χ1n) is 14.8. The topological polar surface area (TPSA) is 52.3 Å². The first-order valence-corrected chi connectivity index (χ1v) is 14.8. The van der Waals surface area contributed by atoms with E-state index in [1.54, 1.807) is 0 Å². The Morgan fingerprint density at radius 3 is 1.47 bits per heavy atom. The van der Waals surface area contributed by atoms with Crippen LogP contribution in [0, 0.1) is 0 Å². The molecule has 0 bridgehead atoms. The van der Waals surface area contributed by atoms with Crippen molar-refractivity contribution in [2.75, 3.05) is 0 Å². The molecule has 1 amide bonds. The van der Waals surface area contributed by atoms with Crippen LogP contribution >= 0.6 is 0 Å². The maximum Gasteiger partial charge on any atom is 0.409 e. The summed E-state index contributed by atoms with van der Waals surface area (Å²) in [5.41, 5.74) is 7.89. The van der Waals surface area contributed by atoms with Gasteiger partial charge in [-0.2, -0.15) is 0 Å². The third kappa shape index (κ3) is 16.2. The molecule has 1 rings (SSSR count). The molecular weight excluding hydrogens is 418 g/mol. The van der Waals surface area contributed by atoms with Crippen LogP contribution in [0.5, 0.6) is 5.75 Å². The SMILES string of the molecule is CCCCCCCCCCCCc1cccc(OC(N)=O)c1CCCCCCCCCCCC. The molecule has 34 heavy (non-hydrogen) atoms. The summed E-state index contributed by atoms with van der Waals surface area (Å²) in [4.78, 5) is 11.4. The zero-order valence-electron chi connectivity index (χ0n) is 22.7. The van der Waals surface area contributed by atoms with Gasteiger partial charge in [0.15, 0.2) is 0 Å². The van der Waals surface area contributed by atoms with Crippen molar-refractivity contribution in [3.8, 4) is 5.75 Å². The number of amides is 1. The largest absolute Gasteiger partial charge is 0.410 e. The van der Waals surface area contributed by atoms with Gasteiger partial charge in [0.05, 0.1) is 0 Å². The van der Waals surface area contributed by atoms with E-state index in [1.807, 2.05) is 12.1 Å². The monoisotopic (exact) mass is 473 g/mol. The Kier molecular flexibility index (Phi) is 19.7. The van der Waals surface area contributed by atoms with Crippen molar-refractivity contribution in [1.82, 2.24) is 0 Å². The van der Waals surface area contributed by atoms with Gasteiger partial charge in [-0.05, 0) is 42.9 Å². The van der Waals surface area contributed by atoms with E-state index >= 15 is 0 Å². The highest BCUT2D eigenvalue weighted by Gasteiger charge is 2.11. The average molecular weight is 474 g/mol. The number of hydrogen-bond acceptors (Lipinski definition) is 2. The summed E-state index contributed by atoms with van der Waals surface area (Å²) in [5, 5.41) is 0. The van der Waals surface area contributed by atoms with Gasteiger partial charge in [-0.1, -0.05) is 142 Å². The van der Waals surface area contributed by atoms with Gasteiger partial charge in [0.25, 0.3) is 0 Å². The zero-order chi connectivity index (χ0) is 24.7.